The lowest BCUT2D eigenvalue weighted by Crippen LogP contribution is -2.41. The minimum absolute atomic E-state index is 0.0908. The number of ether oxygens (including phenoxy) is 1. The Bertz CT molecular complexity index is 779. The van der Waals surface area contributed by atoms with Gasteiger partial charge in [0.15, 0.2) is 0 Å². The number of nitrogens with one attached hydrogen (secondary N) is 2. The number of benzene rings is 2. The third kappa shape index (κ3) is 6.53. The van der Waals surface area contributed by atoms with Crippen molar-refractivity contribution in [2.24, 2.45) is 0 Å². The van der Waals surface area contributed by atoms with Gasteiger partial charge in [-0.05, 0) is 60.0 Å². The highest BCUT2D eigenvalue weighted by Gasteiger charge is 2.19. The van der Waals surface area contributed by atoms with E-state index in [1.165, 1.54) is 4.90 Å². The third-order valence-electron chi connectivity index (χ3n) is 4.16. The molecule has 0 heterocycles. The van der Waals surface area contributed by atoms with Crippen molar-refractivity contribution in [1.29, 1.82) is 0 Å². The van der Waals surface area contributed by atoms with Crippen molar-refractivity contribution in [1.82, 2.24) is 15.2 Å². The SMILES string of the molecule is CN(C)C(=O)[C@H](Cc1ccc(Oc2ccc(CCC(=O)NO)cc2)cc1)NCl. The maximum atomic E-state index is 12.0. The van der Waals surface area contributed by atoms with Crippen LogP contribution < -0.4 is 15.1 Å². The molecule has 0 aliphatic heterocycles. The number of hydroxylamine groups is 1. The molecule has 0 bridgehead atoms. The Labute approximate surface area is 169 Å². The van der Waals surface area contributed by atoms with E-state index in [9.17, 15) is 9.59 Å². The van der Waals surface area contributed by atoms with Gasteiger partial charge in [-0.15, -0.1) is 0 Å². The average Bonchev–Trinajstić information content (AvgIpc) is 2.71. The van der Waals surface area contributed by atoms with E-state index in [2.05, 4.69) is 4.84 Å². The van der Waals surface area contributed by atoms with Crippen molar-refractivity contribution in [3.8, 4) is 11.5 Å². The van der Waals surface area contributed by atoms with E-state index in [1.54, 1.807) is 19.6 Å². The molecule has 0 aromatic heterocycles. The molecule has 0 unspecified atom stereocenters. The Kier molecular flexibility index (Phi) is 8.25. The Hall–Kier alpha value is -2.61. The molecule has 7 nitrogen and oxygen atoms in total. The van der Waals surface area contributed by atoms with Crippen LogP contribution in [0.15, 0.2) is 48.5 Å². The normalized spacial score (nSPS) is 11.6. The second kappa shape index (κ2) is 10.7. The minimum atomic E-state index is -0.496. The monoisotopic (exact) mass is 405 g/mol. The van der Waals surface area contributed by atoms with Gasteiger partial charge in [-0.25, -0.2) is 10.3 Å². The first-order chi connectivity index (χ1) is 13.4. The molecule has 2 aromatic rings. The first kappa shape index (κ1) is 21.7. The highest BCUT2D eigenvalue weighted by Crippen LogP contribution is 2.23. The molecule has 2 aromatic carbocycles. The minimum Gasteiger partial charge on any atom is -0.457 e. The lowest BCUT2D eigenvalue weighted by atomic mass is 10.1. The van der Waals surface area contributed by atoms with Crippen molar-refractivity contribution < 1.29 is 19.5 Å². The van der Waals surface area contributed by atoms with Crippen molar-refractivity contribution in [2.75, 3.05) is 14.1 Å². The summed E-state index contributed by atoms with van der Waals surface area (Å²) < 4.78 is 5.82. The summed E-state index contributed by atoms with van der Waals surface area (Å²) in [6.07, 6.45) is 1.21. The van der Waals surface area contributed by atoms with Crippen LogP contribution in [0.1, 0.15) is 17.5 Å². The highest BCUT2D eigenvalue weighted by molar-refractivity contribution is 6.15. The van der Waals surface area contributed by atoms with Crippen LogP contribution in [0.25, 0.3) is 0 Å². The van der Waals surface area contributed by atoms with E-state index in [-0.39, 0.29) is 12.3 Å². The molecule has 0 saturated heterocycles. The molecule has 0 aliphatic carbocycles. The van der Waals surface area contributed by atoms with Gasteiger partial charge in [0.05, 0.1) is 0 Å². The van der Waals surface area contributed by atoms with Gasteiger partial charge < -0.3 is 9.64 Å². The van der Waals surface area contributed by atoms with Crippen LogP contribution in [-0.4, -0.2) is 42.1 Å². The van der Waals surface area contributed by atoms with Gasteiger partial charge in [0, 0.05) is 20.5 Å². The molecule has 0 aliphatic rings. The van der Waals surface area contributed by atoms with E-state index >= 15 is 0 Å². The van der Waals surface area contributed by atoms with Crippen molar-refractivity contribution in [2.45, 2.75) is 25.3 Å². The summed E-state index contributed by atoms with van der Waals surface area (Å²) in [5.41, 5.74) is 3.54. The zero-order valence-corrected chi connectivity index (χ0v) is 16.6. The first-order valence-electron chi connectivity index (χ1n) is 8.79. The summed E-state index contributed by atoms with van der Waals surface area (Å²) >= 11 is 5.70. The second-order valence-corrected chi connectivity index (χ2v) is 6.74. The molecule has 150 valence electrons. The number of nitrogens with zero attached hydrogens (tertiary/aromatic N) is 1. The van der Waals surface area contributed by atoms with Crippen molar-refractivity contribution >= 4 is 23.6 Å². The van der Waals surface area contributed by atoms with Crippen molar-refractivity contribution in [3.63, 3.8) is 0 Å². The number of likely N-dealkylation sites (N-methyl/N-ethyl adjacent to an activating group) is 1. The zero-order valence-electron chi connectivity index (χ0n) is 15.8. The van der Waals surface area contributed by atoms with Crippen LogP contribution in [0.4, 0.5) is 0 Å². The van der Waals surface area contributed by atoms with Gasteiger partial charge in [-0.3, -0.25) is 14.8 Å². The third-order valence-corrected chi connectivity index (χ3v) is 4.42. The topological polar surface area (TPSA) is 90.9 Å². The van der Waals surface area contributed by atoms with E-state index in [0.717, 1.165) is 11.1 Å². The van der Waals surface area contributed by atoms with Gasteiger partial charge in [0.25, 0.3) is 0 Å². The summed E-state index contributed by atoms with van der Waals surface area (Å²) in [7, 11) is 3.38. The number of halogens is 1. The van der Waals surface area contributed by atoms with E-state index in [4.69, 9.17) is 21.7 Å². The summed E-state index contributed by atoms with van der Waals surface area (Å²) in [4.78, 5) is 27.1. The quantitative estimate of drug-likeness (QED) is 0.339. The fourth-order valence-corrected chi connectivity index (χ4v) is 2.76. The van der Waals surface area contributed by atoms with Gasteiger partial charge in [-0.2, -0.15) is 0 Å². The Balaban J connectivity index is 1.93. The van der Waals surface area contributed by atoms with Gasteiger partial charge in [0.1, 0.15) is 17.5 Å². The fourth-order valence-electron chi connectivity index (χ4n) is 2.59. The predicted octanol–water partition coefficient (Wildman–Crippen LogP) is 2.66. The van der Waals surface area contributed by atoms with E-state index in [0.29, 0.717) is 24.3 Å². The molecule has 0 fully saturated rings. The standard InChI is InChI=1S/C20H24ClN3O4/c1-24(2)20(26)18(22-21)13-15-5-10-17(11-6-15)28-16-8-3-14(4-9-16)7-12-19(25)23-27/h3-6,8-11,18,22,27H,7,12-13H2,1-2H3,(H,23,25)/t18-/m0/s1. The highest BCUT2D eigenvalue weighted by atomic mass is 35.5. The average molecular weight is 406 g/mol. The molecule has 1 atom stereocenters. The molecular formula is C20H24ClN3O4. The van der Waals surface area contributed by atoms with E-state index < -0.39 is 11.9 Å². The summed E-state index contributed by atoms with van der Waals surface area (Å²) in [5.74, 6) is 0.836. The molecule has 0 saturated carbocycles. The molecule has 2 rings (SSSR count). The first-order valence-corrected chi connectivity index (χ1v) is 9.16. The number of carbonyl (C=O) groups is 2. The van der Waals surface area contributed by atoms with Gasteiger partial charge >= 0.3 is 0 Å². The maximum Gasteiger partial charge on any atom is 0.243 e. The number of amides is 2. The smallest absolute Gasteiger partial charge is 0.243 e. The van der Waals surface area contributed by atoms with Crippen LogP contribution in [0.5, 0.6) is 11.5 Å². The summed E-state index contributed by atoms with van der Waals surface area (Å²) in [6, 6.07) is 14.3. The Morgan fingerprint density at radius 1 is 1.04 bits per heavy atom. The number of aryl methyl sites for hydroxylation is 1. The lowest BCUT2D eigenvalue weighted by Gasteiger charge is -2.19. The van der Waals surface area contributed by atoms with Crippen LogP contribution >= 0.6 is 11.8 Å². The van der Waals surface area contributed by atoms with Crippen LogP contribution in [0.2, 0.25) is 0 Å². The van der Waals surface area contributed by atoms with Crippen LogP contribution in [0.3, 0.4) is 0 Å². The number of hydrogen-bond acceptors (Lipinski definition) is 5. The molecule has 0 spiro atoms. The van der Waals surface area contributed by atoms with Crippen molar-refractivity contribution in [3.05, 3.63) is 59.7 Å². The molecule has 2 amide bonds. The molecule has 0 radical (unpaired) electrons. The second-order valence-electron chi connectivity index (χ2n) is 6.52. The maximum absolute atomic E-state index is 12.0. The predicted molar refractivity (Wildman–Crippen MR) is 106 cm³/mol. The Morgan fingerprint density at radius 3 is 2.04 bits per heavy atom. The molecule has 8 heteroatoms. The molecular weight excluding hydrogens is 382 g/mol. The zero-order chi connectivity index (χ0) is 20.5. The lowest BCUT2D eigenvalue weighted by molar-refractivity contribution is -0.130. The number of carbonyl (C=O) groups excluding carboxylic acids is 2. The fraction of sp³-hybridized carbons (Fsp3) is 0.300. The molecule has 3 N–H and O–H groups in total. The van der Waals surface area contributed by atoms with Gasteiger partial charge in [0.2, 0.25) is 11.8 Å². The van der Waals surface area contributed by atoms with E-state index in [1.807, 2.05) is 48.5 Å². The van der Waals surface area contributed by atoms with Crippen LogP contribution in [0, 0.1) is 0 Å². The number of rotatable bonds is 9. The Morgan fingerprint density at radius 2 is 1.57 bits per heavy atom. The van der Waals surface area contributed by atoms with Crippen LogP contribution in [-0.2, 0) is 22.4 Å². The number of hydrogen-bond donors (Lipinski definition) is 3. The molecule has 28 heavy (non-hydrogen) atoms. The van der Waals surface area contributed by atoms with Gasteiger partial charge in [-0.1, -0.05) is 24.3 Å². The summed E-state index contributed by atoms with van der Waals surface area (Å²) in [6.45, 7) is 0. The summed E-state index contributed by atoms with van der Waals surface area (Å²) in [5, 5.41) is 8.51. The largest absolute Gasteiger partial charge is 0.457 e.